The molecule has 5 rings (SSSR count). The lowest BCUT2D eigenvalue weighted by Crippen LogP contribution is -2.32. The number of amides is 1. The van der Waals surface area contributed by atoms with Gasteiger partial charge in [-0.2, -0.15) is 0 Å². The van der Waals surface area contributed by atoms with Crippen LogP contribution < -0.4 is 9.64 Å². The Bertz CT molecular complexity index is 1680. The minimum absolute atomic E-state index is 0.113. The number of aromatic hydroxyl groups is 2. The molecule has 0 radical (unpaired) electrons. The first-order valence-corrected chi connectivity index (χ1v) is 13.5. The van der Waals surface area contributed by atoms with Crippen molar-refractivity contribution in [3.8, 4) is 17.2 Å². The van der Waals surface area contributed by atoms with E-state index in [-0.39, 0.29) is 17.4 Å². The Morgan fingerprint density at radius 2 is 1.20 bits per heavy atom. The molecule has 202 valence electrons. The van der Waals surface area contributed by atoms with Gasteiger partial charge in [-0.25, -0.2) is 4.79 Å². The Morgan fingerprint density at radius 1 is 0.650 bits per heavy atom. The fourth-order valence-corrected chi connectivity index (χ4v) is 4.79. The van der Waals surface area contributed by atoms with Crippen LogP contribution in [0, 0.1) is 0 Å². The highest BCUT2D eigenvalue weighted by Crippen LogP contribution is 2.27. The number of fused-ring (bicyclic) bond motifs is 2. The van der Waals surface area contributed by atoms with Gasteiger partial charge in [0, 0.05) is 17.8 Å². The second-order valence-electron chi connectivity index (χ2n) is 9.89. The highest BCUT2D eigenvalue weighted by atomic mass is 16.5. The Hall–Kier alpha value is -4.84. The molecule has 0 fully saturated rings. The zero-order valence-corrected chi connectivity index (χ0v) is 22.3. The SMILES string of the molecule is CCCCCCN(C(=O)c1ccc2cc(O)ccc2c1)c1ccc(OC(=O)c2ccc3cc(O)ccc3c2)cc1. The van der Waals surface area contributed by atoms with E-state index in [1.54, 1.807) is 89.8 Å². The molecule has 40 heavy (non-hydrogen) atoms. The highest BCUT2D eigenvalue weighted by Gasteiger charge is 2.19. The average molecular weight is 534 g/mol. The van der Waals surface area contributed by atoms with Crippen LogP contribution in [-0.4, -0.2) is 28.6 Å². The lowest BCUT2D eigenvalue weighted by Gasteiger charge is -2.23. The number of phenols is 2. The van der Waals surface area contributed by atoms with Crippen LogP contribution in [0.15, 0.2) is 97.1 Å². The number of carbonyl (C=O) groups is 2. The molecular weight excluding hydrogens is 502 g/mol. The molecule has 0 atom stereocenters. The Balaban J connectivity index is 1.35. The molecule has 0 aliphatic rings. The maximum absolute atomic E-state index is 13.7. The maximum Gasteiger partial charge on any atom is 0.343 e. The standard InChI is InChI=1S/C34H31NO5/c1-2-3-4-5-18-35(33(38)27-8-6-25-21-30(36)14-10-23(25)19-27)29-12-16-32(17-13-29)40-34(39)28-9-7-26-22-31(37)15-11-24(26)20-28/h6-17,19-22,36-37H,2-5,18H2,1H3. The largest absolute Gasteiger partial charge is 0.508 e. The van der Waals surface area contributed by atoms with Crippen LogP contribution in [0.4, 0.5) is 5.69 Å². The molecule has 0 spiro atoms. The summed E-state index contributed by atoms with van der Waals surface area (Å²) >= 11 is 0. The van der Waals surface area contributed by atoms with Gasteiger partial charge in [0.2, 0.25) is 0 Å². The second kappa shape index (κ2) is 11.9. The summed E-state index contributed by atoms with van der Waals surface area (Å²) in [7, 11) is 0. The van der Waals surface area contributed by atoms with Crippen LogP contribution >= 0.6 is 0 Å². The van der Waals surface area contributed by atoms with E-state index in [2.05, 4.69) is 6.92 Å². The third-order valence-electron chi connectivity index (χ3n) is 6.97. The van der Waals surface area contributed by atoms with Gasteiger partial charge in [0.05, 0.1) is 5.56 Å². The molecule has 1 amide bonds. The zero-order valence-electron chi connectivity index (χ0n) is 22.3. The number of benzene rings is 5. The predicted molar refractivity (Wildman–Crippen MR) is 158 cm³/mol. The van der Waals surface area contributed by atoms with Crippen LogP contribution in [0.3, 0.4) is 0 Å². The number of rotatable bonds is 9. The van der Waals surface area contributed by atoms with Crippen molar-refractivity contribution >= 4 is 39.1 Å². The topological polar surface area (TPSA) is 87.1 Å². The summed E-state index contributed by atoms with van der Waals surface area (Å²) in [5, 5.41) is 22.8. The van der Waals surface area contributed by atoms with Gasteiger partial charge in [-0.3, -0.25) is 4.79 Å². The number of esters is 1. The van der Waals surface area contributed by atoms with E-state index in [0.717, 1.165) is 52.9 Å². The molecule has 0 aromatic heterocycles. The van der Waals surface area contributed by atoms with Crippen LogP contribution in [0.2, 0.25) is 0 Å². The summed E-state index contributed by atoms with van der Waals surface area (Å²) in [6.45, 7) is 2.72. The van der Waals surface area contributed by atoms with Gasteiger partial charge in [-0.05, 0) is 101 Å². The summed E-state index contributed by atoms with van der Waals surface area (Å²) in [5.41, 5.74) is 1.69. The number of hydrogen-bond acceptors (Lipinski definition) is 5. The normalized spacial score (nSPS) is 11.0. The van der Waals surface area contributed by atoms with Gasteiger partial charge in [0.1, 0.15) is 17.2 Å². The quantitative estimate of drug-likeness (QED) is 0.114. The first-order chi connectivity index (χ1) is 19.4. The van der Waals surface area contributed by atoms with E-state index in [9.17, 15) is 19.8 Å². The molecule has 0 unspecified atom stereocenters. The number of hydrogen-bond donors (Lipinski definition) is 2. The second-order valence-corrected chi connectivity index (χ2v) is 9.89. The van der Waals surface area contributed by atoms with E-state index in [1.807, 2.05) is 12.1 Å². The van der Waals surface area contributed by atoms with Gasteiger partial charge in [-0.15, -0.1) is 0 Å². The molecule has 6 heteroatoms. The number of carbonyl (C=O) groups excluding carboxylic acids is 2. The molecule has 0 heterocycles. The number of ether oxygens (including phenoxy) is 1. The van der Waals surface area contributed by atoms with Crippen LogP contribution in [0.25, 0.3) is 21.5 Å². The van der Waals surface area contributed by atoms with E-state index >= 15 is 0 Å². The minimum Gasteiger partial charge on any atom is -0.508 e. The zero-order chi connectivity index (χ0) is 28.1. The first kappa shape index (κ1) is 26.8. The molecule has 6 nitrogen and oxygen atoms in total. The van der Waals surface area contributed by atoms with Gasteiger partial charge in [-0.1, -0.05) is 50.5 Å². The molecule has 0 aliphatic carbocycles. The van der Waals surface area contributed by atoms with Crippen molar-refractivity contribution in [1.82, 2.24) is 0 Å². The van der Waals surface area contributed by atoms with E-state index in [0.29, 0.717) is 23.4 Å². The monoisotopic (exact) mass is 533 g/mol. The van der Waals surface area contributed by atoms with Gasteiger partial charge in [0.15, 0.2) is 0 Å². The highest BCUT2D eigenvalue weighted by molar-refractivity contribution is 6.08. The molecule has 0 bridgehead atoms. The van der Waals surface area contributed by atoms with Crippen LogP contribution in [0.1, 0.15) is 53.3 Å². The Kier molecular flexibility index (Phi) is 7.97. The van der Waals surface area contributed by atoms with Crippen molar-refractivity contribution in [3.05, 3.63) is 108 Å². The Labute approximate surface area is 233 Å². The minimum atomic E-state index is -0.488. The number of unbranched alkanes of at least 4 members (excludes halogenated alkanes) is 3. The maximum atomic E-state index is 13.7. The lowest BCUT2D eigenvalue weighted by atomic mass is 10.1. The van der Waals surface area contributed by atoms with Crippen molar-refractivity contribution < 1.29 is 24.5 Å². The average Bonchev–Trinajstić information content (AvgIpc) is 2.97. The summed E-state index contributed by atoms with van der Waals surface area (Å²) in [6.07, 6.45) is 4.10. The molecule has 5 aromatic carbocycles. The summed E-state index contributed by atoms with van der Waals surface area (Å²) < 4.78 is 5.61. The number of phenolic OH excluding ortho intramolecular Hbond substituents is 2. The molecule has 0 saturated carbocycles. The molecule has 5 aromatic rings. The van der Waals surface area contributed by atoms with E-state index in [1.165, 1.54) is 0 Å². The van der Waals surface area contributed by atoms with Crippen molar-refractivity contribution in [2.45, 2.75) is 32.6 Å². The third-order valence-corrected chi connectivity index (χ3v) is 6.97. The fraction of sp³-hybridized carbons (Fsp3) is 0.176. The van der Waals surface area contributed by atoms with E-state index in [4.69, 9.17) is 4.74 Å². The van der Waals surface area contributed by atoms with Crippen molar-refractivity contribution in [1.29, 1.82) is 0 Å². The Morgan fingerprint density at radius 3 is 1.82 bits per heavy atom. The number of anilines is 1. The molecular formula is C34H31NO5. The molecule has 0 aliphatic heterocycles. The summed E-state index contributed by atoms with van der Waals surface area (Å²) in [4.78, 5) is 28.3. The van der Waals surface area contributed by atoms with Gasteiger partial charge in [0.25, 0.3) is 5.91 Å². The van der Waals surface area contributed by atoms with Crippen LogP contribution in [0.5, 0.6) is 17.2 Å². The van der Waals surface area contributed by atoms with E-state index < -0.39 is 5.97 Å². The first-order valence-electron chi connectivity index (χ1n) is 13.5. The summed E-state index contributed by atoms with van der Waals surface area (Å²) in [5.74, 6) is 0.131. The predicted octanol–water partition coefficient (Wildman–Crippen LogP) is 7.85. The number of nitrogens with zero attached hydrogens (tertiary/aromatic N) is 1. The van der Waals surface area contributed by atoms with Gasteiger partial charge < -0.3 is 19.8 Å². The summed E-state index contributed by atoms with van der Waals surface area (Å²) in [6, 6.07) is 27.7. The molecule has 2 N–H and O–H groups in total. The fourth-order valence-electron chi connectivity index (χ4n) is 4.79. The van der Waals surface area contributed by atoms with Crippen molar-refractivity contribution in [2.24, 2.45) is 0 Å². The van der Waals surface area contributed by atoms with Crippen molar-refractivity contribution in [2.75, 3.05) is 11.4 Å². The molecule has 0 saturated heterocycles. The third kappa shape index (κ3) is 6.07. The van der Waals surface area contributed by atoms with Gasteiger partial charge >= 0.3 is 5.97 Å². The van der Waals surface area contributed by atoms with Crippen LogP contribution in [-0.2, 0) is 0 Å². The van der Waals surface area contributed by atoms with Crippen molar-refractivity contribution in [3.63, 3.8) is 0 Å². The smallest absolute Gasteiger partial charge is 0.343 e. The lowest BCUT2D eigenvalue weighted by molar-refractivity contribution is 0.0734.